The molecule has 1 heterocycles. The van der Waals surface area contributed by atoms with Gasteiger partial charge in [-0.15, -0.1) is 0 Å². The van der Waals surface area contributed by atoms with E-state index in [0.717, 1.165) is 11.3 Å². The summed E-state index contributed by atoms with van der Waals surface area (Å²) in [5.74, 6) is 0.0451. The zero-order valence-electron chi connectivity index (χ0n) is 10.4. The minimum atomic E-state index is -0.0325. The molecule has 0 aliphatic heterocycles. The molecular weight excluding hydrogens is 202 g/mol. The second kappa shape index (κ2) is 5.05. The van der Waals surface area contributed by atoms with Gasteiger partial charge in [0.2, 0.25) is 5.91 Å². The summed E-state index contributed by atoms with van der Waals surface area (Å²) in [5.41, 5.74) is 1.94. The van der Waals surface area contributed by atoms with E-state index in [1.807, 2.05) is 6.92 Å². The molecule has 1 rings (SSSR count). The first-order valence-electron chi connectivity index (χ1n) is 5.51. The molecule has 4 heteroatoms. The summed E-state index contributed by atoms with van der Waals surface area (Å²) in [6, 6.07) is 0. The highest BCUT2D eigenvalue weighted by Crippen LogP contribution is 2.22. The number of carbonyl (C=O) groups is 1. The second-order valence-electron chi connectivity index (χ2n) is 4.78. The zero-order valence-corrected chi connectivity index (χ0v) is 10.4. The van der Waals surface area contributed by atoms with E-state index in [1.165, 1.54) is 0 Å². The molecule has 1 amide bonds. The Bertz CT molecular complexity index is 369. The highest BCUT2D eigenvalue weighted by molar-refractivity contribution is 5.75. The van der Waals surface area contributed by atoms with Crippen molar-refractivity contribution in [1.29, 1.82) is 0 Å². The minimum absolute atomic E-state index is 0.0325. The summed E-state index contributed by atoms with van der Waals surface area (Å²) >= 11 is 0. The van der Waals surface area contributed by atoms with E-state index in [4.69, 9.17) is 0 Å². The topological polar surface area (TPSA) is 54.9 Å². The maximum Gasteiger partial charge on any atom is 0.219 e. The monoisotopic (exact) mass is 221 g/mol. The van der Waals surface area contributed by atoms with Gasteiger partial charge in [0.15, 0.2) is 0 Å². The fourth-order valence-corrected chi connectivity index (χ4v) is 1.48. The van der Waals surface area contributed by atoms with Gasteiger partial charge in [-0.1, -0.05) is 27.7 Å². The van der Waals surface area contributed by atoms with Gasteiger partial charge in [-0.2, -0.15) is 0 Å². The maximum absolute atomic E-state index is 11.2. The van der Waals surface area contributed by atoms with E-state index >= 15 is 0 Å². The number of rotatable bonds is 3. The number of nitrogens with zero attached hydrogens (tertiary/aromatic N) is 2. The molecule has 0 bridgehead atoms. The van der Waals surface area contributed by atoms with Crippen LogP contribution in [-0.2, 0) is 16.8 Å². The van der Waals surface area contributed by atoms with Crippen LogP contribution in [0.4, 0.5) is 0 Å². The SMILES string of the molecule is CCC(=O)NCc1cncnc1C(C)(C)C. The molecule has 16 heavy (non-hydrogen) atoms. The molecule has 1 aromatic heterocycles. The Hall–Kier alpha value is -1.45. The third kappa shape index (κ3) is 3.29. The van der Waals surface area contributed by atoms with Crippen LogP contribution in [0.1, 0.15) is 45.4 Å². The summed E-state index contributed by atoms with van der Waals surface area (Å²) in [6.07, 6.45) is 3.81. The van der Waals surface area contributed by atoms with Crippen molar-refractivity contribution in [2.45, 2.75) is 46.1 Å². The van der Waals surface area contributed by atoms with Crippen molar-refractivity contribution in [3.05, 3.63) is 23.8 Å². The van der Waals surface area contributed by atoms with Crippen LogP contribution in [0.25, 0.3) is 0 Å². The third-order valence-corrected chi connectivity index (χ3v) is 2.30. The number of nitrogens with one attached hydrogen (secondary N) is 1. The van der Waals surface area contributed by atoms with Gasteiger partial charge in [-0.3, -0.25) is 4.79 Å². The van der Waals surface area contributed by atoms with E-state index in [9.17, 15) is 4.79 Å². The molecule has 0 fully saturated rings. The van der Waals surface area contributed by atoms with Crippen molar-refractivity contribution in [3.8, 4) is 0 Å². The van der Waals surface area contributed by atoms with E-state index in [1.54, 1.807) is 12.5 Å². The summed E-state index contributed by atoms with van der Waals surface area (Å²) in [5, 5.41) is 2.84. The Labute approximate surface area is 96.5 Å². The van der Waals surface area contributed by atoms with Gasteiger partial charge in [-0.05, 0) is 0 Å². The largest absolute Gasteiger partial charge is 0.352 e. The number of hydrogen-bond donors (Lipinski definition) is 1. The average Bonchev–Trinajstić information content (AvgIpc) is 2.25. The molecule has 0 spiro atoms. The molecule has 0 saturated heterocycles. The predicted octanol–water partition coefficient (Wildman–Crippen LogP) is 1.80. The Morgan fingerprint density at radius 2 is 2.12 bits per heavy atom. The molecule has 0 radical (unpaired) electrons. The Kier molecular flexibility index (Phi) is 3.99. The minimum Gasteiger partial charge on any atom is -0.352 e. The van der Waals surface area contributed by atoms with Gasteiger partial charge in [0.25, 0.3) is 0 Å². The Balaban J connectivity index is 2.84. The quantitative estimate of drug-likeness (QED) is 0.846. The standard InChI is InChI=1S/C12H19N3O/c1-5-10(16)14-7-9-6-13-8-15-11(9)12(2,3)4/h6,8H,5,7H2,1-4H3,(H,14,16). The normalized spacial score (nSPS) is 11.2. The number of amides is 1. The average molecular weight is 221 g/mol. The number of carbonyl (C=O) groups excluding carboxylic acids is 1. The van der Waals surface area contributed by atoms with Crippen LogP contribution < -0.4 is 5.32 Å². The third-order valence-electron chi connectivity index (χ3n) is 2.30. The lowest BCUT2D eigenvalue weighted by Gasteiger charge is -2.20. The number of hydrogen-bond acceptors (Lipinski definition) is 3. The molecule has 0 atom stereocenters. The van der Waals surface area contributed by atoms with Crippen LogP contribution in [0.5, 0.6) is 0 Å². The van der Waals surface area contributed by atoms with Gasteiger partial charge in [0, 0.05) is 30.1 Å². The molecule has 88 valence electrons. The molecule has 4 nitrogen and oxygen atoms in total. The molecular formula is C12H19N3O. The second-order valence-corrected chi connectivity index (χ2v) is 4.78. The lowest BCUT2D eigenvalue weighted by Crippen LogP contribution is -2.25. The summed E-state index contributed by atoms with van der Waals surface area (Å²) in [7, 11) is 0. The van der Waals surface area contributed by atoms with Crippen molar-refractivity contribution >= 4 is 5.91 Å². The van der Waals surface area contributed by atoms with Crippen molar-refractivity contribution in [2.75, 3.05) is 0 Å². The van der Waals surface area contributed by atoms with Crippen LogP contribution >= 0.6 is 0 Å². The van der Waals surface area contributed by atoms with E-state index < -0.39 is 0 Å². The Morgan fingerprint density at radius 1 is 1.44 bits per heavy atom. The van der Waals surface area contributed by atoms with Gasteiger partial charge in [-0.25, -0.2) is 9.97 Å². The Morgan fingerprint density at radius 3 is 2.69 bits per heavy atom. The lowest BCUT2D eigenvalue weighted by atomic mass is 9.89. The van der Waals surface area contributed by atoms with Gasteiger partial charge in [0.05, 0.1) is 5.69 Å². The predicted molar refractivity (Wildman–Crippen MR) is 62.9 cm³/mol. The first-order chi connectivity index (χ1) is 7.45. The van der Waals surface area contributed by atoms with Crippen LogP contribution in [-0.4, -0.2) is 15.9 Å². The van der Waals surface area contributed by atoms with Crippen molar-refractivity contribution in [2.24, 2.45) is 0 Å². The van der Waals surface area contributed by atoms with Crippen molar-refractivity contribution in [3.63, 3.8) is 0 Å². The molecule has 0 unspecified atom stereocenters. The fraction of sp³-hybridized carbons (Fsp3) is 0.583. The summed E-state index contributed by atoms with van der Waals surface area (Å²) in [6.45, 7) is 8.63. The molecule has 1 aromatic rings. The fourth-order valence-electron chi connectivity index (χ4n) is 1.48. The zero-order chi connectivity index (χ0) is 12.2. The van der Waals surface area contributed by atoms with Crippen LogP contribution in [0.15, 0.2) is 12.5 Å². The van der Waals surface area contributed by atoms with E-state index in [-0.39, 0.29) is 11.3 Å². The molecule has 0 saturated carbocycles. The van der Waals surface area contributed by atoms with Crippen LogP contribution in [0, 0.1) is 0 Å². The number of aromatic nitrogens is 2. The summed E-state index contributed by atoms with van der Waals surface area (Å²) in [4.78, 5) is 19.5. The van der Waals surface area contributed by atoms with Crippen molar-refractivity contribution < 1.29 is 4.79 Å². The highest BCUT2D eigenvalue weighted by atomic mass is 16.1. The molecule has 0 aromatic carbocycles. The van der Waals surface area contributed by atoms with Gasteiger partial charge < -0.3 is 5.32 Å². The van der Waals surface area contributed by atoms with Crippen molar-refractivity contribution in [1.82, 2.24) is 15.3 Å². The maximum atomic E-state index is 11.2. The van der Waals surface area contributed by atoms with Crippen LogP contribution in [0.3, 0.4) is 0 Å². The molecule has 0 aliphatic rings. The smallest absolute Gasteiger partial charge is 0.219 e. The van der Waals surface area contributed by atoms with Gasteiger partial charge >= 0.3 is 0 Å². The highest BCUT2D eigenvalue weighted by Gasteiger charge is 2.19. The molecule has 0 aliphatic carbocycles. The van der Waals surface area contributed by atoms with Crippen LogP contribution in [0.2, 0.25) is 0 Å². The lowest BCUT2D eigenvalue weighted by molar-refractivity contribution is -0.120. The first kappa shape index (κ1) is 12.6. The van der Waals surface area contributed by atoms with E-state index in [2.05, 4.69) is 36.1 Å². The van der Waals surface area contributed by atoms with E-state index in [0.29, 0.717) is 13.0 Å². The van der Waals surface area contributed by atoms with Gasteiger partial charge in [0.1, 0.15) is 6.33 Å². The molecule has 1 N–H and O–H groups in total. The summed E-state index contributed by atoms with van der Waals surface area (Å²) < 4.78 is 0. The first-order valence-corrected chi connectivity index (χ1v) is 5.51.